The zero-order valence-electron chi connectivity index (χ0n) is 19.2. The Labute approximate surface area is 203 Å². The lowest BCUT2D eigenvalue weighted by atomic mass is 10.0. The van der Waals surface area contributed by atoms with Gasteiger partial charge < -0.3 is 10.0 Å². The predicted octanol–water partition coefficient (Wildman–Crippen LogP) is 7.69. The molecule has 3 rings (SSSR count). The molecule has 0 saturated heterocycles. The third kappa shape index (κ3) is 6.17. The molecule has 3 nitrogen and oxygen atoms in total. The number of anilines is 2. The summed E-state index contributed by atoms with van der Waals surface area (Å²) >= 11 is 5.04. The largest absolute Gasteiger partial charge is 0.480 e. The number of carboxylic acids is 1. The highest BCUT2D eigenvalue weighted by molar-refractivity contribution is 8.01. The van der Waals surface area contributed by atoms with Gasteiger partial charge in [0.25, 0.3) is 0 Å². The van der Waals surface area contributed by atoms with E-state index in [-0.39, 0.29) is 5.82 Å². The lowest BCUT2D eigenvalue weighted by Crippen LogP contribution is -2.27. The van der Waals surface area contributed by atoms with Crippen LogP contribution in [0, 0.1) is 11.7 Å². The predicted molar refractivity (Wildman–Crippen MR) is 138 cm³/mol. The molecule has 2 aromatic carbocycles. The number of fused-ring (bicyclic) bond motifs is 1. The number of benzene rings is 2. The van der Waals surface area contributed by atoms with E-state index in [4.69, 9.17) is 0 Å². The van der Waals surface area contributed by atoms with Gasteiger partial charge in [-0.2, -0.15) is 0 Å². The van der Waals surface area contributed by atoms with Crippen LogP contribution >= 0.6 is 35.3 Å². The number of nitrogens with zero attached hydrogens (tertiary/aromatic N) is 1. The molecule has 0 fully saturated rings. The molecule has 0 saturated carbocycles. The van der Waals surface area contributed by atoms with Crippen molar-refractivity contribution in [3.63, 3.8) is 0 Å². The molecular formula is C25H32FNO2S3. The molecule has 0 spiro atoms. The SMILES string of the molecule is CCCCC1CSc2cc(CSC(C)(C)C(=O)O)c(SC)cc2N(c2ccc(F)cc2)C1. The third-order valence-electron chi connectivity index (χ3n) is 5.78. The van der Waals surface area contributed by atoms with Crippen LogP contribution in [0.1, 0.15) is 45.6 Å². The van der Waals surface area contributed by atoms with E-state index >= 15 is 0 Å². The number of carboxylic acid groups (broad SMARTS) is 1. The van der Waals surface area contributed by atoms with Crippen molar-refractivity contribution < 1.29 is 14.3 Å². The summed E-state index contributed by atoms with van der Waals surface area (Å²) < 4.78 is 12.8. The minimum Gasteiger partial charge on any atom is -0.480 e. The Morgan fingerprint density at radius 1 is 1.28 bits per heavy atom. The Bertz CT molecular complexity index is 934. The molecule has 0 amide bonds. The summed E-state index contributed by atoms with van der Waals surface area (Å²) in [5.74, 6) is 1.24. The summed E-state index contributed by atoms with van der Waals surface area (Å²) in [5, 5.41) is 9.49. The van der Waals surface area contributed by atoms with Crippen LogP contribution < -0.4 is 4.90 Å². The maximum Gasteiger partial charge on any atom is 0.319 e. The van der Waals surface area contributed by atoms with E-state index in [1.165, 1.54) is 53.6 Å². The average molecular weight is 494 g/mol. The summed E-state index contributed by atoms with van der Waals surface area (Å²) in [6.45, 7) is 6.65. The first-order valence-corrected chi connectivity index (χ1v) is 14.2. The number of rotatable bonds is 9. The van der Waals surface area contributed by atoms with Crippen LogP contribution in [0.15, 0.2) is 46.2 Å². The molecule has 174 valence electrons. The highest BCUT2D eigenvalue weighted by atomic mass is 32.2. The zero-order chi connectivity index (χ0) is 23.3. The van der Waals surface area contributed by atoms with Gasteiger partial charge in [0.05, 0.1) is 5.69 Å². The molecule has 1 aliphatic heterocycles. The number of unbranched alkanes of at least 4 members (excludes halogenated alkanes) is 1. The molecule has 0 bridgehead atoms. The molecule has 2 aromatic rings. The van der Waals surface area contributed by atoms with Crippen LogP contribution in [-0.2, 0) is 10.5 Å². The Morgan fingerprint density at radius 2 is 2.00 bits per heavy atom. The van der Waals surface area contributed by atoms with E-state index in [0.29, 0.717) is 11.7 Å². The molecule has 0 aromatic heterocycles. The van der Waals surface area contributed by atoms with Crippen LogP contribution in [0.3, 0.4) is 0 Å². The molecule has 0 aliphatic carbocycles. The molecule has 1 unspecified atom stereocenters. The molecule has 7 heteroatoms. The van der Waals surface area contributed by atoms with E-state index in [9.17, 15) is 14.3 Å². The van der Waals surface area contributed by atoms with Gasteiger partial charge in [0.15, 0.2) is 0 Å². The van der Waals surface area contributed by atoms with Crippen molar-refractivity contribution in [1.29, 1.82) is 0 Å². The average Bonchev–Trinajstić information content (AvgIpc) is 2.95. The van der Waals surface area contributed by atoms with Gasteiger partial charge >= 0.3 is 5.97 Å². The van der Waals surface area contributed by atoms with Crippen molar-refractivity contribution >= 4 is 52.6 Å². The van der Waals surface area contributed by atoms with Gasteiger partial charge in [-0.1, -0.05) is 19.8 Å². The van der Waals surface area contributed by atoms with Gasteiger partial charge in [-0.25, -0.2) is 4.39 Å². The van der Waals surface area contributed by atoms with Crippen molar-refractivity contribution in [2.24, 2.45) is 5.92 Å². The number of thioether (sulfide) groups is 3. The Balaban J connectivity index is 1.98. The Kier molecular flexibility index (Phi) is 8.87. The summed E-state index contributed by atoms with van der Waals surface area (Å²) in [6, 6.07) is 11.3. The fraction of sp³-hybridized carbons (Fsp3) is 0.480. The van der Waals surface area contributed by atoms with E-state index in [1.54, 1.807) is 25.6 Å². The highest BCUT2D eigenvalue weighted by Crippen LogP contribution is 2.44. The van der Waals surface area contributed by atoms with E-state index in [0.717, 1.165) is 28.6 Å². The molecule has 32 heavy (non-hydrogen) atoms. The van der Waals surface area contributed by atoms with Crippen molar-refractivity contribution in [3.8, 4) is 0 Å². The molecule has 1 atom stereocenters. The minimum atomic E-state index is -0.832. The Morgan fingerprint density at radius 3 is 2.62 bits per heavy atom. The maximum absolute atomic E-state index is 13.6. The zero-order valence-corrected chi connectivity index (χ0v) is 21.6. The van der Waals surface area contributed by atoms with Gasteiger partial charge in [0, 0.05) is 33.5 Å². The van der Waals surface area contributed by atoms with Crippen LogP contribution in [0.25, 0.3) is 0 Å². The quantitative estimate of drug-likeness (QED) is 0.361. The lowest BCUT2D eigenvalue weighted by Gasteiger charge is -2.29. The van der Waals surface area contributed by atoms with Crippen molar-refractivity contribution in [1.82, 2.24) is 0 Å². The van der Waals surface area contributed by atoms with Crippen LogP contribution in [-0.4, -0.2) is 34.4 Å². The number of halogens is 1. The number of carbonyl (C=O) groups is 1. The van der Waals surface area contributed by atoms with Crippen molar-refractivity contribution in [2.75, 3.05) is 23.5 Å². The lowest BCUT2D eigenvalue weighted by molar-refractivity contribution is -0.138. The first-order chi connectivity index (χ1) is 15.2. The van der Waals surface area contributed by atoms with Gasteiger partial charge in [0.1, 0.15) is 10.6 Å². The van der Waals surface area contributed by atoms with Gasteiger partial charge in [-0.15, -0.1) is 35.3 Å². The monoisotopic (exact) mass is 493 g/mol. The number of hydrogen-bond donors (Lipinski definition) is 1. The molecular weight excluding hydrogens is 461 g/mol. The van der Waals surface area contributed by atoms with Crippen LogP contribution in [0.5, 0.6) is 0 Å². The van der Waals surface area contributed by atoms with Gasteiger partial charge in [0.2, 0.25) is 0 Å². The van der Waals surface area contributed by atoms with Gasteiger partial charge in [-0.3, -0.25) is 4.79 Å². The smallest absolute Gasteiger partial charge is 0.319 e. The summed E-state index contributed by atoms with van der Waals surface area (Å²) in [6.07, 6.45) is 5.64. The van der Waals surface area contributed by atoms with E-state index in [2.05, 4.69) is 30.2 Å². The highest BCUT2D eigenvalue weighted by Gasteiger charge is 2.29. The second-order valence-corrected chi connectivity index (χ2v) is 12.2. The molecule has 1 aliphatic rings. The van der Waals surface area contributed by atoms with Crippen molar-refractivity contribution in [3.05, 3.63) is 47.8 Å². The minimum absolute atomic E-state index is 0.223. The molecule has 0 radical (unpaired) electrons. The fourth-order valence-corrected chi connectivity index (χ4v) is 6.51. The number of hydrogen-bond acceptors (Lipinski definition) is 5. The first-order valence-electron chi connectivity index (χ1n) is 11.0. The van der Waals surface area contributed by atoms with Gasteiger partial charge in [-0.05, 0) is 74.4 Å². The van der Waals surface area contributed by atoms with E-state index < -0.39 is 10.7 Å². The maximum atomic E-state index is 13.6. The second kappa shape index (κ2) is 11.2. The van der Waals surface area contributed by atoms with E-state index in [1.807, 2.05) is 23.9 Å². The molecule has 1 heterocycles. The summed E-state index contributed by atoms with van der Waals surface area (Å²) in [4.78, 5) is 16.3. The standard InChI is InChI=1S/C25H32FNO2S3/c1-5-6-7-17-14-27(20-10-8-19(26)9-11-20)21-13-22(30-4)18(12-23(21)31-15-17)16-32-25(2,3)24(28)29/h8-13,17H,5-7,14-16H2,1-4H3,(H,28,29). The summed E-state index contributed by atoms with van der Waals surface area (Å²) in [7, 11) is 0. The first kappa shape index (κ1) is 25.3. The van der Waals surface area contributed by atoms with Crippen LogP contribution in [0.2, 0.25) is 0 Å². The second-order valence-electron chi connectivity index (χ2n) is 8.64. The molecule has 1 N–H and O–H groups in total. The fourth-order valence-electron chi connectivity index (χ4n) is 3.69. The summed E-state index contributed by atoms with van der Waals surface area (Å²) in [5.41, 5.74) is 3.35. The topological polar surface area (TPSA) is 40.5 Å². The normalized spacial score (nSPS) is 16.5. The third-order valence-corrected chi connectivity index (χ3v) is 9.22. The van der Waals surface area contributed by atoms with Crippen LogP contribution in [0.4, 0.5) is 15.8 Å². The number of aliphatic carboxylic acids is 1. The van der Waals surface area contributed by atoms with Crippen molar-refractivity contribution in [2.45, 2.75) is 60.3 Å². The Hall–Kier alpha value is -1.31.